The Morgan fingerprint density at radius 1 is 1.15 bits per heavy atom. The molecule has 3 rings (SSSR count). The van der Waals surface area contributed by atoms with Crippen molar-refractivity contribution in [2.45, 2.75) is 45.9 Å². The van der Waals surface area contributed by atoms with Gasteiger partial charge in [-0.15, -0.1) is 11.3 Å². The minimum absolute atomic E-state index is 0.105. The van der Waals surface area contributed by atoms with Crippen LogP contribution in [-0.4, -0.2) is 66.7 Å². The second-order valence-corrected chi connectivity index (χ2v) is 9.24. The second kappa shape index (κ2) is 13.1. The first-order chi connectivity index (χ1) is 16.5. The number of esters is 1. The monoisotopic (exact) mass is 487 g/mol. The maximum absolute atomic E-state index is 13.5. The Morgan fingerprint density at radius 2 is 1.94 bits per heavy atom. The van der Waals surface area contributed by atoms with Gasteiger partial charge in [-0.1, -0.05) is 30.3 Å². The van der Waals surface area contributed by atoms with E-state index in [0.29, 0.717) is 19.7 Å². The SMILES string of the molecule is CCOC(=O)CNC(=O)N(CC(=O)N(Cc1ccccc1)Cc1sccc1C)CC1CCCO1. The summed E-state index contributed by atoms with van der Waals surface area (Å²) < 4.78 is 10.6. The zero-order chi connectivity index (χ0) is 24.3. The number of nitrogens with one attached hydrogen (secondary N) is 1. The third-order valence-corrected chi connectivity index (χ3v) is 6.63. The molecule has 8 nitrogen and oxygen atoms in total. The first-order valence-electron chi connectivity index (χ1n) is 11.6. The number of hydrogen-bond acceptors (Lipinski definition) is 6. The van der Waals surface area contributed by atoms with Crippen molar-refractivity contribution in [2.75, 3.05) is 32.8 Å². The molecule has 1 aliphatic rings. The Kier molecular flexibility index (Phi) is 9.90. The normalized spacial score (nSPS) is 15.1. The van der Waals surface area contributed by atoms with E-state index in [4.69, 9.17) is 9.47 Å². The minimum Gasteiger partial charge on any atom is -0.465 e. The average molecular weight is 488 g/mol. The molecular formula is C25H33N3O5S. The number of urea groups is 1. The molecule has 1 fully saturated rings. The molecule has 1 unspecified atom stereocenters. The van der Waals surface area contributed by atoms with Crippen LogP contribution in [0.3, 0.4) is 0 Å². The number of aryl methyl sites for hydroxylation is 1. The van der Waals surface area contributed by atoms with Gasteiger partial charge in [0.15, 0.2) is 0 Å². The standard InChI is InChI=1S/C25H33N3O5S/c1-3-32-24(30)14-26-25(31)28(16-21-10-7-12-33-21)18-23(29)27(15-20-8-5-4-6-9-20)17-22-19(2)11-13-34-22/h4-6,8-9,11,13,21H,3,7,10,12,14-18H2,1-2H3,(H,26,31). The van der Waals surface area contributed by atoms with Crippen LogP contribution in [0.5, 0.6) is 0 Å². The summed E-state index contributed by atoms with van der Waals surface area (Å²) in [5.74, 6) is -0.681. The van der Waals surface area contributed by atoms with Crippen LogP contribution >= 0.6 is 11.3 Å². The van der Waals surface area contributed by atoms with E-state index in [-0.39, 0.29) is 38.3 Å². The first kappa shape index (κ1) is 25.7. The Bertz CT molecular complexity index is 943. The van der Waals surface area contributed by atoms with Crippen LogP contribution < -0.4 is 5.32 Å². The summed E-state index contributed by atoms with van der Waals surface area (Å²) in [6.07, 6.45) is 1.63. The van der Waals surface area contributed by atoms with Crippen LogP contribution in [-0.2, 0) is 32.2 Å². The van der Waals surface area contributed by atoms with Gasteiger partial charge in [-0.25, -0.2) is 4.79 Å². The lowest BCUT2D eigenvalue weighted by Gasteiger charge is -2.29. The number of nitrogens with zero attached hydrogens (tertiary/aromatic N) is 2. The zero-order valence-corrected chi connectivity index (χ0v) is 20.6. The van der Waals surface area contributed by atoms with Gasteiger partial charge in [0.05, 0.1) is 19.3 Å². The molecule has 1 aromatic heterocycles. The Hall–Kier alpha value is -2.91. The highest BCUT2D eigenvalue weighted by molar-refractivity contribution is 7.10. The molecule has 9 heteroatoms. The van der Waals surface area contributed by atoms with E-state index in [9.17, 15) is 14.4 Å². The summed E-state index contributed by atoms with van der Waals surface area (Å²) in [5, 5.41) is 4.59. The van der Waals surface area contributed by atoms with Crippen molar-refractivity contribution in [1.82, 2.24) is 15.1 Å². The third kappa shape index (κ3) is 7.85. The summed E-state index contributed by atoms with van der Waals surface area (Å²) in [7, 11) is 0. The number of amides is 3. The summed E-state index contributed by atoms with van der Waals surface area (Å²) in [6, 6.07) is 11.4. The van der Waals surface area contributed by atoms with Gasteiger partial charge in [0, 0.05) is 24.6 Å². The number of carbonyl (C=O) groups is 3. The van der Waals surface area contributed by atoms with Crippen molar-refractivity contribution in [1.29, 1.82) is 0 Å². The van der Waals surface area contributed by atoms with Crippen LogP contribution in [0.4, 0.5) is 4.79 Å². The van der Waals surface area contributed by atoms with E-state index in [1.807, 2.05) is 48.7 Å². The van der Waals surface area contributed by atoms with Gasteiger partial charge < -0.3 is 24.6 Å². The average Bonchev–Trinajstić information content (AvgIpc) is 3.49. The number of hydrogen-bond donors (Lipinski definition) is 1. The van der Waals surface area contributed by atoms with E-state index < -0.39 is 12.0 Å². The predicted octanol–water partition coefficient (Wildman–Crippen LogP) is 3.34. The van der Waals surface area contributed by atoms with E-state index in [1.54, 1.807) is 23.2 Å². The fourth-order valence-corrected chi connectivity index (χ4v) is 4.68. The van der Waals surface area contributed by atoms with Crippen molar-refractivity contribution in [3.8, 4) is 0 Å². The molecule has 1 aromatic carbocycles. The molecule has 1 atom stereocenters. The molecule has 2 aromatic rings. The molecule has 1 aliphatic heterocycles. The molecule has 3 amide bonds. The molecular weight excluding hydrogens is 454 g/mol. The molecule has 1 N–H and O–H groups in total. The number of carbonyl (C=O) groups excluding carboxylic acids is 3. The van der Waals surface area contributed by atoms with Gasteiger partial charge in [0.25, 0.3) is 0 Å². The topological polar surface area (TPSA) is 88.2 Å². The maximum atomic E-state index is 13.5. The van der Waals surface area contributed by atoms with Crippen molar-refractivity contribution in [2.24, 2.45) is 0 Å². The lowest BCUT2D eigenvalue weighted by molar-refractivity contribution is -0.141. The number of rotatable bonds is 11. The van der Waals surface area contributed by atoms with E-state index in [0.717, 1.165) is 28.8 Å². The second-order valence-electron chi connectivity index (χ2n) is 8.24. The highest BCUT2D eigenvalue weighted by Crippen LogP contribution is 2.20. The first-order valence-corrected chi connectivity index (χ1v) is 12.5. The van der Waals surface area contributed by atoms with Crippen LogP contribution in [0, 0.1) is 6.92 Å². The fraction of sp³-hybridized carbons (Fsp3) is 0.480. The molecule has 1 saturated heterocycles. The predicted molar refractivity (Wildman–Crippen MR) is 130 cm³/mol. The Balaban J connectivity index is 1.72. The Labute approximate surface area is 204 Å². The van der Waals surface area contributed by atoms with Crippen LogP contribution in [0.2, 0.25) is 0 Å². The van der Waals surface area contributed by atoms with Crippen molar-refractivity contribution in [3.05, 3.63) is 57.8 Å². The molecule has 0 saturated carbocycles. The smallest absolute Gasteiger partial charge is 0.325 e. The van der Waals surface area contributed by atoms with E-state index in [1.165, 1.54) is 4.90 Å². The van der Waals surface area contributed by atoms with Gasteiger partial charge in [-0.2, -0.15) is 0 Å². The lowest BCUT2D eigenvalue weighted by atomic mass is 10.2. The van der Waals surface area contributed by atoms with Crippen LogP contribution in [0.15, 0.2) is 41.8 Å². The minimum atomic E-state index is -0.516. The highest BCUT2D eigenvalue weighted by atomic mass is 32.1. The van der Waals surface area contributed by atoms with Crippen LogP contribution in [0.25, 0.3) is 0 Å². The third-order valence-electron chi connectivity index (χ3n) is 5.62. The van der Waals surface area contributed by atoms with E-state index in [2.05, 4.69) is 5.32 Å². The van der Waals surface area contributed by atoms with E-state index >= 15 is 0 Å². The lowest BCUT2D eigenvalue weighted by Crippen LogP contribution is -2.50. The molecule has 0 spiro atoms. The van der Waals surface area contributed by atoms with Gasteiger partial charge in [0.2, 0.25) is 5.91 Å². The van der Waals surface area contributed by atoms with Gasteiger partial charge in [0.1, 0.15) is 13.1 Å². The zero-order valence-electron chi connectivity index (χ0n) is 19.8. The molecule has 2 heterocycles. The summed E-state index contributed by atoms with van der Waals surface area (Å²) in [6.45, 7) is 5.47. The van der Waals surface area contributed by atoms with Gasteiger partial charge >= 0.3 is 12.0 Å². The quantitative estimate of drug-likeness (QED) is 0.491. The largest absolute Gasteiger partial charge is 0.465 e. The Morgan fingerprint density at radius 3 is 2.59 bits per heavy atom. The molecule has 0 aliphatic carbocycles. The fourth-order valence-electron chi connectivity index (χ4n) is 3.76. The molecule has 184 valence electrons. The molecule has 34 heavy (non-hydrogen) atoms. The summed E-state index contributed by atoms with van der Waals surface area (Å²) >= 11 is 1.61. The van der Waals surface area contributed by atoms with Crippen molar-refractivity contribution in [3.63, 3.8) is 0 Å². The highest BCUT2D eigenvalue weighted by Gasteiger charge is 2.27. The number of thiophene rings is 1. The summed E-state index contributed by atoms with van der Waals surface area (Å²) in [5.41, 5.74) is 2.15. The summed E-state index contributed by atoms with van der Waals surface area (Å²) in [4.78, 5) is 42.4. The van der Waals surface area contributed by atoms with Gasteiger partial charge in [-0.3, -0.25) is 9.59 Å². The van der Waals surface area contributed by atoms with Crippen molar-refractivity contribution < 1.29 is 23.9 Å². The molecule has 0 radical (unpaired) electrons. The molecule has 0 bridgehead atoms. The maximum Gasteiger partial charge on any atom is 0.325 e. The number of ether oxygens (including phenoxy) is 2. The van der Waals surface area contributed by atoms with Crippen molar-refractivity contribution >= 4 is 29.2 Å². The number of benzene rings is 1. The van der Waals surface area contributed by atoms with Crippen LogP contribution in [0.1, 0.15) is 35.8 Å². The van der Waals surface area contributed by atoms with Gasteiger partial charge in [-0.05, 0) is 49.3 Å².